The third-order valence-electron chi connectivity index (χ3n) is 1.99. The van der Waals surface area contributed by atoms with Crippen LogP contribution in [0.4, 0.5) is 0 Å². The molecule has 2 heteroatoms. The molecule has 0 spiro atoms. The van der Waals surface area contributed by atoms with Crippen LogP contribution in [0.25, 0.3) is 0 Å². The molecular formula is C10H14O2. The first-order chi connectivity index (χ1) is 5.65. The predicted molar refractivity (Wildman–Crippen MR) is 47.7 cm³/mol. The van der Waals surface area contributed by atoms with Crippen LogP contribution in [0.2, 0.25) is 0 Å². The molecule has 0 amide bonds. The Hall–Kier alpha value is -1.05. The fourth-order valence-electron chi connectivity index (χ4n) is 1.40. The number of ketones is 1. The zero-order chi connectivity index (χ0) is 9.14. The Kier molecular flexibility index (Phi) is 2.69. The molecule has 1 aliphatic rings. The highest BCUT2D eigenvalue weighted by atomic mass is 16.5. The first-order valence-corrected chi connectivity index (χ1v) is 4.15. The fraction of sp³-hybridized carbons (Fsp3) is 0.500. The van der Waals surface area contributed by atoms with Crippen LogP contribution in [-0.4, -0.2) is 11.9 Å². The maximum Gasteiger partial charge on any atom is 0.159 e. The molecule has 0 unspecified atom stereocenters. The van der Waals surface area contributed by atoms with Crippen LogP contribution in [0, 0.1) is 0 Å². The summed E-state index contributed by atoms with van der Waals surface area (Å²) in [4.78, 5) is 11.0. The Balaban J connectivity index is 2.68. The van der Waals surface area contributed by atoms with E-state index < -0.39 is 0 Å². The Morgan fingerprint density at radius 3 is 2.75 bits per heavy atom. The van der Waals surface area contributed by atoms with E-state index in [1.54, 1.807) is 6.92 Å². The highest BCUT2D eigenvalue weighted by Crippen LogP contribution is 2.25. The van der Waals surface area contributed by atoms with Crippen LogP contribution < -0.4 is 0 Å². The number of allylic oxidation sites excluding steroid dienone is 2. The number of rotatable bonds is 2. The topological polar surface area (TPSA) is 26.3 Å². The van der Waals surface area contributed by atoms with Crippen LogP contribution in [0.1, 0.15) is 27.2 Å². The second kappa shape index (κ2) is 3.57. The summed E-state index contributed by atoms with van der Waals surface area (Å²) in [5, 5.41) is 0. The van der Waals surface area contributed by atoms with Crippen LogP contribution >= 0.6 is 0 Å². The normalized spacial score (nSPS) is 23.4. The molecule has 0 aliphatic carbocycles. The third-order valence-corrected chi connectivity index (χ3v) is 1.99. The van der Waals surface area contributed by atoms with Crippen molar-refractivity contribution >= 4 is 5.78 Å². The lowest BCUT2D eigenvalue weighted by molar-refractivity contribution is -0.113. The lowest BCUT2D eigenvalue weighted by atomic mass is 10.1. The summed E-state index contributed by atoms with van der Waals surface area (Å²) in [6.45, 7) is 5.38. The molecule has 1 heterocycles. The molecule has 0 aromatic carbocycles. The van der Waals surface area contributed by atoms with Crippen LogP contribution in [-0.2, 0) is 9.53 Å². The number of hydrogen-bond acceptors (Lipinski definition) is 2. The van der Waals surface area contributed by atoms with E-state index in [1.807, 2.05) is 26.0 Å². The minimum Gasteiger partial charge on any atom is -0.490 e. The minimum atomic E-state index is 0.0777. The van der Waals surface area contributed by atoms with Gasteiger partial charge in [0.25, 0.3) is 0 Å². The summed E-state index contributed by atoms with van der Waals surface area (Å²) in [5.41, 5.74) is 0.832. The standard InChI is InChI=1S/C10H14O2/c1-4-5-9-6-10(7(2)11)8(3)12-9/h4-5,9H,6H2,1-3H3/b5-4+/t9-/m0/s1. The SMILES string of the molecule is C/C=C/[C@H]1CC(C(C)=O)=C(C)O1. The van der Waals surface area contributed by atoms with Gasteiger partial charge in [-0.2, -0.15) is 0 Å². The lowest BCUT2D eigenvalue weighted by Crippen LogP contribution is -2.02. The van der Waals surface area contributed by atoms with Gasteiger partial charge in [-0.1, -0.05) is 6.08 Å². The number of ether oxygens (including phenoxy) is 1. The average Bonchev–Trinajstić information content (AvgIpc) is 2.32. The van der Waals surface area contributed by atoms with Crippen molar-refractivity contribution in [3.63, 3.8) is 0 Å². The Morgan fingerprint density at radius 1 is 1.67 bits per heavy atom. The second-order valence-electron chi connectivity index (χ2n) is 2.98. The van der Waals surface area contributed by atoms with E-state index in [2.05, 4.69) is 0 Å². The smallest absolute Gasteiger partial charge is 0.159 e. The van der Waals surface area contributed by atoms with Crippen molar-refractivity contribution in [3.8, 4) is 0 Å². The maximum absolute atomic E-state index is 11.0. The molecule has 12 heavy (non-hydrogen) atoms. The van der Waals surface area contributed by atoms with E-state index >= 15 is 0 Å². The summed E-state index contributed by atoms with van der Waals surface area (Å²) < 4.78 is 5.45. The molecule has 0 bridgehead atoms. The molecule has 1 atom stereocenters. The Bertz CT molecular complexity index is 249. The zero-order valence-corrected chi connectivity index (χ0v) is 7.76. The van der Waals surface area contributed by atoms with Crippen molar-refractivity contribution in [1.82, 2.24) is 0 Å². The number of hydrogen-bond donors (Lipinski definition) is 0. The molecular weight excluding hydrogens is 152 g/mol. The summed E-state index contributed by atoms with van der Waals surface area (Å²) >= 11 is 0. The van der Waals surface area contributed by atoms with Gasteiger partial charge in [0.15, 0.2) is 5.78 Å². The van der Waals surface area contributed by atoms with E-state index in [4.69, 9.17) is 4.74 Å². The summed E-state index contributed by atoms with van der Waals surface area (Å²) in [5.74, 6) is 0.908. The first-order valence-electron chi connectivity index (χ1n) is 4.15. The van der Waals surface area contributed by atoms with Crippen LogP contribution in [0.5, 0.6) is 0 Å². The molecule has 0 saturated heterocycles. The molecule has 0 aromatic rings. The van der Waals surface area contributed by atoms with Gasteiger partial charge >= 0.3 is 0 Å². The number of Topliss-reactive ketones (excluding diaryl/α,β-unsaturated/α-hetero) is 1. The molecule has 66 valence electrons. The van der Waals surface area contributed by atoms with Crippen molar-refractivity contribution in [3.05, 3.63) is 23.5 Å². The van der Waals surface area contributed by atoms with Crippen molar-refractivity contribution in [1.29, 1.82) is 0 Å². The molecule has 0 radical (unpaired) electrons. The quantitative estimate of drug-likeness (QED) is 0.588. The van der Waals surface area contributed by atoms with Gasteiger partial charge in [0.05, 0.1) is 0 Å². The molecule has 0 fully saturated rings. The second-order valence-corrected chi connectivity index (χ2v) is 2.98. The largest absolute Gasteiger partial charge is 0.490 e. The van der Waals surface area contributed by atoms with Gasteiger partial charge in [0.2, 0.25) is 0 Å². The number of carbonyl (C=O) groups excluding carboxylic acids is 1. The van der Waals surface area contributed by atoms with Gasteiger partial charge in [0.1, 0.15) is 11.9 Å². The van der Waals surface area contributed by atoms with Gasteiger partial charge in [0, 0.05) is 12.0 Å². The van der Waals surface area contributed by atoms with Crippen LogP contribution in [0.15, 0.2) is 23.5 Å². The third kappa shape index (κ3) is 1.76. The van der Waals surface area contributed by atoms with Crippen LogP contribution in [0.3, 0.4) is 0 Å². The van der Waals surface area contributed by atoms with E-state index in [0.29, 0.717) is 0 Å². The van der Waals surface area contributed by atoms with E-state index in [9.17, 15) is 4.79 Å². The van der Waals surface area contributed by atoms with Crippen molar-refractivity contribution in [2.24, 2.45) is 0 Å². The maximum atomic E-state index is 11.0. The fourth-order valence-corrected chi connectivity index (χ4v) is 1.40. The van der Waals surface area contributed by atoms with Gasteiger partial charge in [-0.15, -0.1) is 0 Å². The van der Waals surface area contributed by atoms with Crippen molar-refractivity contribution in [2.45, 2.75) is 33.3 Å². The summed E-state index contributed by atoms with van der Waals surface area (Å²) in [6.07, 6.45) is 4.72. The van der Waals surface area contributed by atoms with E-state index in [1.165, 1.54) is 0 Å². The van der Waals surface area contributed by atoms with E-state index in [-0.39, 0.29) is 11.9 Å². The van der Waals surface area contributed by atoms with E-state index in [0.717, 1.165) is 17.8 Å². The molecule has 2 nitrogen and oxygen atoms in total. The minimum absolute atomic E-state index is 0.0777. The zero-order valence-electron chi connectivity index (χ0n) is 7.76. The predicted octanol–water partition coefficient (Wildman–Crippen LogP) is 2.21. The summed E-state index contributed by atoms with van der Waals surface area (Å²) in [7, 11) is 0. The monoisotopic (exact) mass is 166 g/mol. The van der Waals surface area contributed by atoms with Gasteiger partial charge in [-0.3, -0.25) is 4.79 Å². The van der Waals surface area contributed by atoms with Gasteiger partial charge < -0.3 is 4.74 Å². The molecule has 0 N–H and O–H groups in total. The first kappa shape index (κ1) is 9.04. The highest BCUT2D eigenvalue weighted by Gasteiger charge is 2.23. The highest BCUT2D eigenvalue weighted by molar-refractivity contribution is 5.94. The number of carbonyl (C=O) groups is 1. The lowest BCUT2D eigenvalue weighted by Gasteiger charge is -2.04. The summed E-state index contributed by atoms with van der Waals surface area (Å²) in [6, 6.07) is 0. The molecule has 0 saturated carbocycles. The molecule has 1 rings (SSSR count). The molecule has 0 aromatic heterocycles. The molecule has 1 aliphatic heterocycles. The average molecular weight is 166 g/mol. The van der Waals surface area contributed by atoms with Gasteiger partial charge in [-0.05, 0) is 26.8 Å². The Labute approximate surface area is 72.9 Å². The van der Waals surface area contributed by atoms with Crippen molar-refractivity contribution < 1.29 is 9.53 Å². The van der Waals surface area contributed by atoms with Gasteiger partial charge in [-0.25, -0.2) is 0 Å². The van der Waals surface area contributed by atoms with Crippen molar-refractivity contribution in [2.75, 3.05) is 0 Å². The Morgan fingerprint density at radius 2 is 2.33 bits per heavy atom.